The maximum atomic E-state index is 10.8. The molecule has 2 fully saturated rings. The molecule has 0 aromatic heterocycles. The average Bonchev–Trinajstić information content (AvgIpc) is 2.79. The molecule has 0 aromatic carbocycles. The highest BCUT2D eigenvalue weighted by Crippen LogP contribution is 2.39. The summed E-state index contributed by atoms with van der Waals surface area (Å²) in [6, 6.07) is -0.280. The van der Waals surface area contributed by atoms with Crippen LogP contribution in [-0.4, -0.2) is 22.7 Å². The van der Waals surface area contributed by atoms with Crippen molar-refractivity contribution in [3.8, 4) is 0 Å². The summed E-state index contributed by atoms with van der Waals surface area (Å²) in [5.41, 5.74) is 0.144. The van der Waals surface area contributed by atoms with Crippen LogP contribution in [0.15, 0.2) is 0 Å². The molecular formula is C9H15NO2. The van der Waals surface area contributed by atoms with Gasteiger partial charge in [-0.1, -0.05) is 0 Å². The highest BCUT2D eigenvalue weighted by molar-refractivity contribution is 5.74. The minimum absolute atomic E-state index is 0.144. The highest BCUT2D eigenvalue weighted by atomic mass is 16.4. The standard InChI is InChI=1S/C9H15NO2/c1-9(4-5-9)10-7(8(11)12)6-2-3-6/h6-7,10H,2-5H2,1H3,(H,11,12). The second-order valence-electron chi connectivity index (χ2n) is 4.36. The number of hydrogen-bond donors (Lipinski definition) is 2. The lowest BCUT2D eigenvalue weighted by molar-refractivity contribution is -0.140. The molecule has 0 heterocycles. The zero-order chi connectivity index (χ0) is 8.77. The van der Waals surface area contributed by atoms with Gasteiger partial charge in [0.05, 0.1) is 0 Å². The van der Waals surface area contributed by atoms with E-state index < -0.39 is 5.97 Å². The first-order valence-corrected chi connectivity index (χ1v) is 4.61. The normalized spacial score (nSPS) is 28.1. The Bertz CT molecular complexity index is 207. The Kier molecular flexibility index (Phi) is 1.65. The summed E-state index contributed by atoms with van der Waals surface area (Å²) in [5, 5.41) is 12.1. The molecule has 2 saturated carbocycles. The summed E-state index contributed by atoms with van der Waals surface area (Å²) in [4.78, 5) is 10.8. The summed E-state index contributed by atoms with van der Waals surface area (Å²) < 4.78 is 0. The van der Waals surface area contributed by atoms with Crippen molar-refractivity contribution in [3.63, 3.8) is 0 Å². The molecule has 0 radical (unpaired) electrons. The maximum Gasteiger partial charge on any atom is 0.320 e. The third kappa shape index (κ3) is 1.61. The van der Waals surface area contributed by atoms with Crippen LogP contribution in [0.4, 0.5) is 0 Å². The zero-order valence-electron chi connectivity index (χ0n) is 7.34. The average molecular weight is 169 g/mol. The van der Waals surface area contributed by atoms with E-state index >= 15 is 0 Å². The van der Waals surface area contributed by atoms with Gasteiger partial charge in [-0.05, 0) is 38.5 Å². The molecule has 2 aliphatic rings. The lowest BCUT2D eigenvalue weighted by atomic mass is 10.1. The van der Waals surface area contributed by atoms with E-state index in [4.69, 9.17) is 5.11 Å². The second-order valence-corrected chi connectivity index (χ2v) is 4.36. The Morgan fingerprint density at radius 1 is 1.58 bits per heavy atom. The highest BCUT2D eigenvalue weighted by Gasteiger charge is 2.45. The first-order chi connectivity index (χ1) is 5.61. The Hall–Kier alpha value is -0.570. The van der Waals surface area contributed by atoms with E-state index in [0.717, 1.165) is 25.7 Å². The molecule has 1 unspecified atom stereocenters. The summed E-state index contributed by atoms with van der Waals surface area (Å²) in [6.07, 6.45) is 4.42. The molecule has 0 saturated heterocycles. The number of carbonyl (C=O) groups is 1. The van der Waals surface area contributed by atoms with Crippen molar-refractivity contribution in [1.29, 1.82) is 0 Å². The van der Waals surface area contributed by atoms with Crippen molar-refractivity contribution in [3.05, 3.63) is 0 Å². The molecule has 3 heteroatoms. The third-order valence-corrected chi connectivity index (χ3v) is 2.86. The van der Waals surface area contributed by atoms with E-state index in [1.165, 1.54) is 0 Å². The predicted molar refractivity (Wildman–Crippen MR) is 44.9 cm³/mol. The Morgan fingerprint density at radius 3 is 2.50 bits per heavy atom. The quantitative estimate of drug-likeness (QED) is 0.660. The van der Waals surface area contributed by atoms with E-state index in [1.54, 1.807) is 0 Å². The van der Waals surface area contributed by atoms with E-state index in [9.17, 15) is 4.79 Å². The van der Waals surface area contributed by atoms with Crippen molar-refractivity contribution in [2.45, 2.75) is 44.2 Å². The number of carboxylic acid groups (broad SMARTS) is 1. The fourth-order valence-electron chi connectivity index (χ4n) is 1.52. The van der Waals surface area contributed by atoms with E-state index in [0.29, 0.717) is 5.92 Å². The molecule has 0 amide bonds. The van der Waals surface area contributed by atoms with E-state index in [-0.39, 0.29) is 11.6 Å². The van der Waals surface area contributed by atoms with Gasteiger partial charge in [-0.2, -0.15) is 0 Å². The van der Waals surface area contributed by atoms with Crippen LogP contribution in [0.3, 0.4) is 0 Å². The van der Waals surface area contributed by atoms with Crippen molar-refractivity contribution in [2.24, 2.45) is 5.92 Å². The smallest absolute Gasteiger partial charge is 0.320 e. The Morgan fingerprint density at radius 2 is 2.17 bits per heavy atom. The van der Waals surface area contributed by atoms with Crippen LogP contribution in [0.5, 0.6) is 0 Å². The number of aliphatic carboxylic acids is 1. The van der Waals surface area contributed by atoms with Crippen molar-refractivity contribution in [1.82, 2.24) is 5.32 Å². The summed E-state index contributed by atoms with van der Waals surface area (Å²) in [5.74, 6) is -0.273. The fraction of sp³-hybridized carbons (Fsp3) is 0.889. The Labute approximate surface area is 72.2 Å². The first-order valence-electron chi connectivity index (χ1n) is 4.61. The minimum Gasteiger partial charge on any atom is -0.480 e. The van der Waals surface area contributed by atoms with Crippen LogP contribution in [0.1, 0.15) is 32.6 Å². The molecule has 0 aromatic rings. The van der Waals surface area contributed by atoms with Gasteiger partial charge >= 0.3 is 5.97 Å². The molecule has 68 valence electrons. The van der Waals surface area contributed by atoms with Gasteiger partial charge in [-0.3, -0.25) is 10.1 Å². The first kappa shape index (κ1) is 8.05. The van der Waals surface area contributed by atoms with Crippen LogP contribution in [0.25, 0.3) is 0 Å². The van der Waals surface area contributed by atoms with Gasteiger partial charge in [0.1, 0.15) is 6.04 Å². The number of nitrogens with one attached hydrogen (secondary N) is 1. The fourth-order valence-corrected chi connectivity index (χ4v) is 1.52. The molecule has 12 heavy (non-hydrogen) atoms. The van der Waals surface area contributed by atoms with Crippen molar-refractivity contribution >= 4 is 5.97 Å². The zero-order valence-corrected chi connectivity index (χ0v) is 7.34. The molecule has 0 spiro atoms. The third-order valence-electron chi connectivity index (χ3n) is 2.86. The van der Waals surface area contributed by atoms with Crippen molar-refractivity contribution in [2.75, 3.05) is 0 Å². The molecule has 2 N–H and O–H groups in total. The molecule has 3 nitrogen and oxygen atoms in total. The molecular weight excluding hydrogens is 154 g/mol. The summed E-state index contributed by atoms with van der Waals surface area (Å²) in [6.45, 7) is 2.10. The topological polar surface area (TPSA) is 49.3 Å². The predicted octanol–water partition coefficient (Wildman–Crippen LogP) is 0.992. The second kappa shape index (κ2) is 2.46. The minimum atomic E-state index is -0.675. The van der Waals surface area contributed by atoms with Gasteiger partial charge in [0.2, 0.25) is 0 Å². The van der Waals surface area contributed by atoms with Gasteiger partial charge in [-0.25, -0.2) is 0 Å². The molecule has 0 aliphatic heterocycles. The van der Waals surface area contributed by atoms with Crippen molar-refractivity contribution < 1.29 is 9.90 Å². The van der Waals surface area contributed by atoms with Gasteiger partial charge in [-0.15, -0.1) is 0 Å². The SMILES string of the molecule is CC1(NC(C(=O)O)C2CC2)CC1. The van der Waals surface area contributed by atoms with Crippen LogP contribution < -0.4 is 5.32 Å². The largest absolute Gasteiger partial charge is 0.480 e. The monoisotopic (exact) mass is 169 g/mol. The number of rotatable bonds is 4. The maximum absolute atomic E-state index is 10.8. The lowest BCUT2D eigenvalue weighted by Crippen LogP contribution is -2.44. The van der Waals surface area contributed by atoms with Crippen LogP contribution in [0, 0.1) is 5.92 Å². The van der Waals surface area contributed by atoms with Crippen LogP contribution in [0.2, 0.25) is 0 Å². The summed E-state index contributed by atoms with van der Waals surface area (Å²) in [7, 11) is 0. The number of carboxylic acids is 1. The lowest BCUT2D eigenvalue weighted by Gasteiger charge is -2.18. The molecule has 2 rings (SSSR count). The molecule has 1 atom stereocenters. The van der Waals surface area contributed by atoms with Crippen LogP contribution in [-0.2, 0) is 4.79 Å². The van der Waals surface area contributed by atoms with Crippen LogP contribution >= 0.6 is 0 Å². The Balaban J connectivity index is 1.92. The summed E-state index contributed by atoms with van der Waals surface area (Å²) >= 11 is 0. The van der Waals surface area contributed by atoms with Gasteiger partial charge < -0.3 is 5.11 Å². The number of hydrogen-bond acceptors (Lipinski definition) is 2. The van der Waals surface area contributed by atoms with Gasteiger partial charge in [0.15, 0.2) is 0 Å². The van der Waals surface area contributed by atoms with Gasteiger partial charge in [0, 0.05) is 5.54 Å². The van der Waals surface area contributed by atoms with Gasteiger partial charge in [0.25, 0.3) is 0 Å². The molecule has 0 bridgehead atoms. The van der Waals surface area contributed by atoms with E-state index in [1.807, 2.05) is 0 Å². The molecule has 2 aliphatic carbocycles. The van der Waals surface area contributed by atoms with E-state index in [2.05, 4.69) is 12.2 Å².